The number of nitrogens with one attached hydrogen (secondary N) is 1. The van der Waals surface area contributed by atoms with E-state index in [2.05, 4.69) is 5.32 Å². The van der Waals surface area contributed by atoms with Crippen LogP contribution in [0.2, 0.25) is 5.02 Å². The number of anilines is 1. The summed E-state index contributed by atoms with van der Waals surface area (Å²) in [5.74, 6) is -1.14. The minimum absolute atomic E-state index is 0.0237. The second-order valence-electron chi connectivity index (χ2n) is 10.8. The summed E-state index contributed by atoms with van der Waals surface area (Å²) < 4.78 is 48.4. The quantitative estimate of drug-likeness (QED) is 0.174. The Kier molecular flexibility index (Phi) is 11.8. The summed E-state index contributed by atoms with van der Waals surface area (Å²) in [5.41, 5.74) is 2.37. The Hall–Kier alpha value is -4.41. The van der Waals surface area contributed by atoms with Gasteiger partial charge in [0.25, 0.3) is 10.0 Å². The van der Waals surface area contributed by atoms with Gasteiger partial charge in [0.1, 0.15) is 24.2 Å². The number of benzene rings is 4. The highest BCUT2D eigenvalue weighted by atomic mass is 35.5. The fraction of sp³-hybridized carbons (Fsp3) is 0.257. The van der Waals surface area contributed by atoms with Crippen molar-refractivity contribution >= 4 is 39.1 Å². The highest BCUT2D eigenvalue weighted by molar-refractivity contribution is 7.92. The van der Waals surface area contributed by atoms with Crippen molar-refractivity contribution in [3.63, 3.8) is 0 Å². The molecule has 1 unspecified atom stereocenters. The predicted octanol–water partition coefficient (Wildman–Crippen LogP) is 6.16. The van der Waals surface area contributed by atoms with Crippen LogP contribution in [-0.4, -0.2) is 51.4 Å². The van der Waals surface area contributed by atoms with Crippen molar-refractivity contribution in [2.45, 2.75) is 44.2 Å². The number of methoxy groups -OCH3 is 1. The summed E-state index contributed by atoms with van der Waals surface area (Å²) >= 11 is 6.42. The highest BCUT2D eigenvalue weighted by Crippen LogP contribution is 2.32. The SMILES string of the molecule is CCCNC(=O)C(Cc1ccccc1)N(Cc1ccc(F)cc1)C(=O)CN(c1ccc(OC)c(Cl)c1)S(=O)(=O)c1ccc(C)cc1. The Morgan fingerprint density at radius 3 is 2.22 bits per heavy atom. The number of sulfonamides is 1. The van der Waals surface area contributed by atoms with Crippen molar-refractivity contribution in [1.82, 2.24) is 10.2 Å². The predicted molar refractivity (Wildman–Crippen MR) is 178 cm³/mol. The van der Waals surface area contributed by atoms with Gasteiger partial charge in [-0.3, -0.25) is 13.9 Å². The number of amides is 2. The van der Waals surface area contributed by atoms with Crippen LogP contribution < -0.4 is 14.4 Å². The lowest BCUT2D eigenvalue weighted by atomic mass is 10.0. The molecule has 4 rings (SSSR count). The summed E-state index contributed by atoms with van der Waals surface area (Å²) in [6.07, 6.45) is 0.846. The molecule has 4 aromatic rings. The lowest BCUT2D eigenvalue weighted by Gasteiger charge is -2.34. The Morgan fingerprint density at radius 1 is 0.935 bits per heavy atom. The fourth-order valence-electron chi connectivity index (χ4n) is 4.88. The lowest BCUT2D eigenvalue weighted by molar-refractivity contribution is -0.140. The molecular formula is C35H37ClFN3O5S. The first kappa shape index (κ1) is 34.5. The molecule has 242 valence electrons. The first-order valence-electron chi connectivity index (χ1n) is 14.8. The Morgan fingerprint density at radius 2 is 1.61 bits per heavy atom. The third-order valence-corrected chi connectivity index (χ3v) is 9.48. The number of rotatable bonds is 14. The number of halogens is 2. The molecule has 0 spiro atoms. The molecule has 0 bridgehead atoms. The number of ether oxygens (including phenoxy) is 1. The third-order valence-electron chi connectivity index (χ3n) is 7.40. The van der Waals surface area contributed by atoms with Crippen molar-refractivity contribution in [2.75, 3.05) is 24.5 Å². The van der Waals surface area contributed by atoms with E-state index in [1.165, 1.54) is 66.6 Å². The zero-order valence-electron chi connectivity index (χ0n) is 26.0. The second-order valence-corrected chi connectivity index (χ2v) is 13.1. The molecule has 11 heteroatoms. The first-order valence-corrected chi connectivity index (χ1v) is 16.6. The zero-order valence-corrected chi connectivity index (χ0v) is 27.5. The van der Waals surface area contributed by atoms with Gasteiger partial charge in [-0.25, -0.2) is 12.8 Å². The Balaban J connectivity index is 1.81. The largest absolute Gasteiger partial charge is 0.495 e. The van der Waals surface area contributed by atoms with Crippen LogP contribution in [0.4, 0.5) is 10.1 Å². The van der Waals surface area contributed by atoms with Crippen molar-refractivity contribution in [3.8, 4) is 5.75 Å². The number of carbonyl (C=O) groups is 2. The van der Waals surface area contributed by atoms with E-state index >= 15 is 0 Å². The maximum atomic E-state index is 14.5. The van der Waals surface area contributed by atoms with Crippen LogP contribution in [0.3, 0.4) is 0 Å². The van der Waals surface area contributed by atoms with E-state index in [1.807, 2.05) is 44.2 Å². The van der Waals surface area contributed by atoms with Crippen molar-refractivity contribution < 1.29 is 27.1 Å². The summed E-state index contributed by atoms with van der Waals surface area (Å²) in [6, 6.07) is 24.6. The maximum Gasteiger partial charge on any atom is 0.264 e. The van der Waals surface area contributed by atoms with Crippen LogP contribution in [0.1, 0.15) is 30.0 Å². The molecule has 0 aliphatic heterocycles. The second kappa shape index (κ2) is 15.7. The van der Waals surface area contributed by atoms with Gasteiger partial charge in [0.05, 0.1) is 22.7 Å². The van der Waals surface area contributed by atoms with E-state index in [9.17, 15) is 22.4 Å². The fourth-order valence-corrected chi connectivity index (χ4v) is 6.54. The molecule has 0 saturated heterocycles. The number of nitrogens with zero attached hydrogens (tertiary/aromatic N) is 2. The van der Waals surface area contributed by atoms with E-state index in [4.69, 9.17) is 16.3 Å². The van der Waals surface area contributed by atoms with Gasteiger partial charge < -0.3 is 15.0 Å². The van der Waals surface area contributed by atoms with E-state index in [-0.39, 0.29) is 34.5 Å². The molecule has 4 aromatic carbocycles. The minimum atomic E-state index is -4.30. The third kappa shape index (κ3) is 8.64. The molecule has 1 N–H and O–H groups in total. The van der Waals surface area contributed by atoms with Crippen LogP contribution >= 0.6 is 11.6 Å². The van der Waals surface area contributed by atoms with Gasteiger partial charge in [0.2, 0.25) is 11.8 Å². The molecule has 0 heterocycles. The molecule has 0 saturated carbocycles. The van der Waals surface area contributed by atoms with Gasteiger partial charge in [-0.1, -0.05) is 78.7 Å². The molecule has 46 heavy (non-hydrogen) atoms. The molecule has 2 amide bonds. The van der Waals surface area contributed by atoms with Crippen LogP contribution in [0.25, 0.3) is 0 Å². The Labute approximate surface area is 274 Å². The van der Waals surface area contributed by atoms with E-state index in [0.717, 1.165) is 15.4 Å². The lowest BCUT2D eigenvalue weighted by Crippen LogP contribution is -2.53. The number of hydrogen-bond acceptors (Lipinski definition) is 5. The summed E-state index contributed by atoms with van der Waals surface area (Å²) in [5, 5.41) is 3.05. The highest BCUT2D eigenvalue weighted by Gasteiger charge is 2.34. The summed E-state index contributed by atoms with van der Waals surface area (Å²) in [6.45, 7) is 3.43. The van der Waals surface area contributed by atoms with Gasteiger partial charge in [0.15, 0.2) is 0 Å². The molecule has 0 aliphatic rings. The van der Waals surface area contributed by atoms with Crippen molar-refractivity contribution in [2.24, 2.45) is 0 Å². The maximum absolute atomic E-state index is 14.5. The van der Waals surface area contributed by atoms with Crippen LogP contribution in [0.5, 0.6) is 5.75 Å². The average Bonchev–Trinajstić information content (AvgIpc) is 3.05. The van der Waals surface area contributed by atoms with E-state index in [0.29, 0.717) is 24.3 Å². The molecule has 0 aromatic heterocycles. The van der Waals surface area contributed by atoms with Crippen LogP contribution in [-0.2, 0) is 32.6 Å². The minimum Gasteiger partial charge on any atom is -0.495 e. The van der Waals surface area contributed by atoms with E-state index in [1.54, 1.807) is 12.1 Å². The van der Waals surface area contributed by atoms with Crippen LogP contribution in [0.15, 0.2) is 102 Å². The summed E-state index contributed by atoms with van der Waals surface area (Å²) in [7, 11) is -2.86. The number of aryl methyl sites for hydroxylation is 1. The number of hydrogen-bond donors (Lipinski definition) is 1. The zero-order chi connectivity index (χ0) is 33.3. The summed E-state index contributed by atoms with van der Waals surface area (Å²) in [4.78, 5) is 29.5. The number of carbonyl (C=O) groups excluding carboxylic acids is 2. The van der Waals surface area contributed by atoms with Crippen molar-refractivity contribution in [3.05, 3.63) is 125 Å². The average molecular weight is 666 g/mol. The Bertz CT molecular complexity index is 1740. The van der Waals surface area contributed by atoms with Crippen molar-refractivity contribution in [1.29, 1.82) is 0 Å². The monoisotopic (exact) mass is 665 g/mol. The standard InChI is InChI=1S/C35H37ClFN3O5S/c1-4-20-38-35(42)32(21-26-8-6-5-7-9-26)39(23-27-12-14-28(37)15-13-27)34(41)24-40(29-16-19-33(45-3)31(36)22-29)46(43,44)30-17-10-25(2)11-18-30/h5-19,22,32H,4,20-21,23-24H2,1-3H3,(H,38,42). The molecular weight excluding hydrogens is 629 g/mol. The van der Waals surface area contributed by atoms with Crippen LogP contribution in [0, 0.1) is 12.7 Å². The first-order chi connectivity index (χ1) is 22.0. The molecule has 0 fully saturated rings. The molecule has 0 aliphatic carbocycles. The molecule has 8 nitrogen and oxygen atoms in total. The molecule has 1 atom stereocenters. The topological polar surface area (TPSA) is 96.0 Å². The van der Waals surface area contributed by atoms with Gasteiger partial charge in [-0.05, 0) is 66.9 Å². The molecule has 0 radical (unpaired) electrons. The van der Waals surface area contributed by atoms with Gasteiger partial charge in [-0.2, -0.15) is 0 Å². The van der Waals surface area contributed by atoms with Gasteiger partial charge >= 0.3 is 0 Å². The van der Waals surface area contributed by atoms with Gasteiger partial charge in [-0.15, -0.1) is 0 Å². The van der Waals surface area contributed by atoms with Gasteiger partial charge in [0, 0.05) is 19.5 Å². The normalized spacial score (nSPS) is 11.8. The van der Waals surface area contributed by atoms with E-state index < -0.39 is 34.3 Å². The smallest absolute Gasteiger partial charge is 0.264 e.